The highest BCUT2D eigenvalue weighted by molar-refractivity contribution is 5.79. The number of amides is 2. The molecular weight excluding hydrogens is 228 g/mol. The molecule has 1 fully saturated rings. The van der Waals surface area contributed by atoms with Crippen LogP contribution < -0.4 is 5.73 Å². The highest BCUT2D eigenvalue weighted by atomic mass is 16.2. The summed E-state index contributed by atoms with van der Waals surface area (Å²) in [6.45, 7) is 8.48. The number of nitrogens with zero attached hydrogens (tertiary/aromatic N) is 2. The molecule has 0 unspecified atom stereocenters. The first-order valence-electron chi connectivity index (χ1n) is 6.80. The highest BCUT2D eigenvalue weighted by Gasteiger charge is 2.26. The van der Waals surface area contributed by atoms with Gasteiger partial charge in [0.05, 0.1) is 5.84 Å². The van der Waals surface area contributed by atoms with Crippen LogP contribution in [0.15, 0.2) is 0 Å². The quantitative estimate of drug-likeness (QED) is 0.594. The van der Waals surface area contributed by atoms with Crippen molar-refractivity contribution < 1.29 is 4.79 Å². The number of piperidine rings is 1. The van der Waals surface area contributed by atoms with E-state index in [0.717, 1.165) is 31.8 Å². The summed E-state index contributed by atoms with van der Waals surface area (Å²) in [5.41, 5.74) is 5.37. The first-order valence-corrected chi connectivity index (χ1v) is 6.80. The summed E-state index contributed by atoms with van der Waals surface area (Å²) in [4.78, 5) is 16.1. The van der Waals surface area contributed by atoms with Crippen LogP contribution in [0.25, 0.3) is 0 Å². The molecule has 5 heteroatoms. The van der Waals surface area contributed by atoms with E-state index in [1.807, 2.05) is 23.6 Å². The normalized spacial score (nSPS) is 17.0. The number of hydrogen-bond acceptors (Lipinski definition) is 2. The third kappa shape index (κ3) is 4.20. The molecule has 1 saturated heterocycles. The van der Waals surface area contributed by atoms with Gasteiger partial charge in [0.15, 0.2) is 0 Å². The maximum absolute atomic E-state index is 12.4. The second kappa shape index (κ2) is 6.61. The Hall–Kier alpha value is -1.26. The number of rotatable bonds is 4. The lowest BCUT2D eigenvalue weighted by atomic mass is 9.99. The number of urea groups is 1. The van der Waals surface area contributed by atoms with Gasteiger partial charge in [-0.1, -0.05) is 6.92 Å². The van der Waals surface area contributed by atoms with Crippen molar-refractivity contribution in [1.29, 1.82) is 5.41 Å². The van der Waals surface area contributed by atoms with Gasteiger partial charge in [-0.25, -0.2) is 4.79 Å². The van der Waals surface area contributed by atoms with Crippen LogP contribution in [0.5, 0.6) is 0 Å². The van der Waals surface area contributed by atoms with E-state index in [-0.39, 0.29) is 17.9 Å². The first kappa shape index (κ1) is 14.8. The summed E-state index contributed by atoms with van der Waals surface area (Å²) in [6.07, 6.45) is 2.63. The van der Waals surface area contributed by atoms with Gasteiger partial charge in [0, 0.05) is 32.1 Å². The third-order valence-corrected chi connectivity index (χ3v) is 3.55. The second-order valence-corrected chi connectivity index (χ2v) is 5.51. The minimum absolute atomic E-state index is 0.0955. The SMILES string of the molecule is CC1CCN(C(=O)N(CCC(=N)N)C(C)C)CC1. The number of likely N-dealkylation sites (tertiary alicyclic amines) is 1. The summed E-state index contributed by atoms with van der Waals surface area (Å²) in [5, 5.41) is 7.27. The van der Waals surface area contributed by atoms with Crippen LogP contribution in [0.3, 0.4) is 0 Å². The molecule has 2 amide bonds. The van der Waals surface area contributed by atoms with Crippen LogP contribution in [0.1, 0.15) is 40.0 Å². The maximum Gasteiger partial charge on any atom is 0.320 e. The van der Waals surface area contributed by atoms with Crippen molar-refractivity contribution in [3.63, 3.8) is 0 Å². The lowest BCUT2D eigenvalue weighted by Gasteiger charge is -2.36. The minimum Gasteiger partial charge on any atom is -0.388 e. The monoisotopic (exact) mass is 254 g/mol. The molecule has 0 radical (unpaired) electrons. The topological polar surface area (TPSA) is 73.4 Å². The highest BCUT2D eigenvalue weighted by Crippen LogP contribution is 2.18. The van der Waals surface area contributed by atoms with E-state index >= 15 is 0 Å². The minimum atomic E-state index is 0.0955. The molecule has 0 saturated carbocycles. The number of nitrogens with two attached hydrogens (primary N) is 1. The molecule has 0 aromatic carbocycles. The Morgan fingerprint density at radius 1 is 1.44 bits per heavy atom. The molecule has 0 spiro atoms. The summed E-state index contributed by atoms with van der Waals surface area (Å²) < 4.78 is 0. The average molecular weight is 254 g/mol. The van der Waals surface area contributed by atoms with Crippen LogP contribution in [0.4, 0.5) is 4.79 Å². The zero-order valence-corrected chi connectivity index (χ0v) is 11.8. The summed E-state index contributed by atoms with van der Waals surface area (Å²) in [5.74, 6) is 0.861. The Bertz CT molecular complexity index is 295. The Kier molecular flexibility index (Phi) is 5.44. The molecule has 3 N–H and O–H groups in total. The van der Waals surface area contributed by atoms with Crippen molar-refractivity contribution in [3.8, 4) is 0 Å². The second-order valence-electron chi connectivity index (χ2n) is 5.51. The van der Waals surface area contributed by atoms with Gasteiger partial charge in [-0.05, 0) is 32.6 Å². The Morgan fingerprint density at radius 3 is 2.44 bits per heavy atom. The van der Waals surface area contributed by atoms with Gasteiger partial charge in [0.25, 0.3) is 0 Å². The Balaban J connectivity index is 2.56. The molecule has 1 aliphatic rings. The number of amidine groups is 1. The molecule has 0 aliphatic carbocycles. The smallest absolute Gasteiger partial charge is 0.320 e. The van der Waals surface area contributed by atoms with Gasteiger partial charge in [-0.2, -0.15) is 0 Å². The molecule has 1 rings (SSSR count). The van der Waals surface area contributed by atoms with Crippen molar-refractivity contribution in [2.45, 2.75) is 46.1 Å². The molecule has 0 atom stereocenters. The Labute approximate surface area is 110 Å². The predicted octanol–water partition coefficient (Wildman–Crippen LogP) is 1.87. The molecule has 1 heterocycles. The van der Waals surface area contributed by atoms with Crippen molar-refractivity contribution in [3.05, 3.63) is 0 Å². The lowest BCUT2D eigenvalue weighted by Crippen LogP contribution is -2.49. The van der Waals surface area contributed by atoms with Crippen molar-refractivity contribution >= 4 is 11.9 Å². The Morgan fingerprint density at radius 2 is 2.00 bits per heavy atom. The summed E-state index contributed by atoms with van der Waals surface area (Å²) in [6, 6.07) is 0.245. The third-order valence-electron chi connectivity index (χ3n) is 3.55. The van der Waals surface area contributed by atoms with E-state index < -0.39 is 0 Å². The van der Waals surface area contributed by atoms with Crippen LogP contribution in [0.2, 0.25) is 0 Å². The van der Waals surface area contributed by atoms with Gasteiger partial charge in [0.2, 0.25) is 0 Å². The van der Waals surface area contributed by atoms with E-state index in [1.54, 1.807) is 0 Å². The predicted molar refractivity (Wildman–Crippen MR) is 73.7 cm³/mol. The summed E-state index contributed by atoms with van der Waals surface area (Å²) >= 11 is 0. The number of carbonyl (C=O) groups excluding carboxylic acids is 1. The van der Waals surface area contributed by atoms with Crippen LogP contribution in [0, 0.1) is 11.3 Å². The van der Waals surface area contributed by atoms with Gasteiger partial charge in [-0.3, -0.25) is 5.41 Å². The van der Waals surface area contributed by atoms with E-state index in [9.17, 15) is 4.79 Å². The van der Waals surface area contributed by atoms with Crippen molar-refractivity contribution in [1.82, 2.24) is 9.80 Å². The fourth-order valence-electron chi connectivity index (χ4n) is 2.20. The molecule has 18 heavy (non-hydrogen) atoms. The fourth-order valence-corrected chi connectivity index (χ4v) is 2.20. The maximum atomic E-state index is 12.4. The molecule has 0 aromatic rings. The number of hydrogen-bond donors (Lipinski definition) is 2. The number of carbonyl (C=O) groups is 1. The molecule has 0 bridgehead atoms. The van der Waals surface area contributed by atoms with Gasteiger partial charge in [0.1, 0.15) is 0 Å². The van der Waals surface area contributed by atoms with Crippen molar-refractivity contribution in [2.75, 3.05) is 19.6 Å². The van der Waals surface area contributed by atoms with Gasteiger partial charge >= 0.3 is 6.03 Å². The number of nitrogens with one attached hydrogen (secondary N) is 1. The largest absolute Gasteiger partial charge is 0.388 e. The summed E-state index contributed by atoms with van der Waals surface area (Å²) in [7, 11) is 0. The zero-order chi connectivity index (χ0) is 13.7. The van der Waals surface area contributed by atoms with Crippen molar-refractivity contribution in [2.24, 2.45) is 11.7 Å². The van der Waals surface area contributed by atoms with Crippen LogP contribution in [-0.4, -0.2) is 47.3 Å². The molecule has 0 aromatic heterocycles. The molecule has 104 valence electrons. The lowest BCUT2D eigenvalue weighted by molar-refractivity contribution is 0.125. The van der Waals surface area contributed by atoms with E-state index in [2.05, 4.69) is 6.92 Å². The van der Waals surface area contributed by atoms with E-state index in [1.165, 1.54) is 0 Å². The standard InChI is InChI=1S/C13H26N4O/c1-10(2)17(9-6-12(14)15)13(18)16-7-4-11(3)5-8-16/h10-11H,4-9H2,1-3H3,(H3,14,15). The zero-order valence-electron chi connectivity index (χ0n) is 11.8. The van der Waals surface area contributed by atoms with Gasteiger partial charge in [-0.15, -0.1) is 0 Å². The fraction of sp³-hybridized carbons (Fsp3) is 0.846. The van der Waals surface area contributed by atoms with Crippen LogP contribution >= 0.6 is 0 Å². The van der Waals surface area contributed by atoms with Gasteiger partial charge < -0.3 is 15.5 Å². The molecular formula is C13H26N4O. The molecule has 1 aliphatic heterocycles. The van der Waals surface area contributed by atoms with Crippen LogP contribution in [-0.2, 0) is 0 Å². The first-order chi connectivity index (χ1) is 8.41. The van der Waals surface area contributed by atoms with E-state index in [0.29, 0.717) is 13.0 Å². The van der Waals surface area contributed by atoms with E-state index in [4.69, 9.17) is 11.1 Å². The average Bonchev–Trinajstić information content (AvgIpc) is 2.29. The molecule has 5 nitrogen and oxygen atoms in total.